The van der Waals surface area contributed by atoms with Crippen LogP contribution in [0.15, 0.2) is 18.2 Å². The van der Waals surface area contributed by atoms with Crippen LogP contribution in [-0.4, -0.2) is 24.8 Å². The summed E-state index contributed by atoms with van der Waals surface area (Å²) in [4.78, 5) is 0. The van der Waals surface area contributed by atoms with E-state index in [4.69, 9.17) is 16.3 Å². The third-order valence-corrected chi connectivity index (χ3v) is 4.43. The molecule has 2 atom stereocenters. The molecule has 1 saturated heterocycles. The molecule has 0 radical (unpaired) electrons. The van der Waals surface area contributed by atoms with E-state index in [2.05, 4.69) is 19.2 Å². The van der Waals surface area contributed by atoms with Crippen LogP contribution >= 0.6 is 11.6 Å². The predicted octanol–water partition coefficient (Wildman–Crippen LogP) is 3.96. The minimum atomic E-state index is -0.240. The van der Waals surface area contributed by atoms with E-state index in [1.54, 1.807) is 6.07 Å². The molecule has 1 fully saturated rings. The third-order valence-electron chi connectivity index (χ3n) is 4.06. The molecule has 0 bridgehead atoms. The van der Waals surface area contributed by atoms with Crippen molar-refractivity contribution in [2.45, 2.75) is 51.2 Å². The molecule has 1 heterocycles. The SMILES string of the molecule is CCCNC(Cc1cc(F)ccc1Cl)C1(C)CCCO1. The summed E-state index contributed by atoms with van der Waals surface area (Å²) in [5.74, 6) is -0.240. The second kappa shape index (κ2) is 6.88. The van der Waals surface area contributed by atoms with Crippen molar-refractivity contribution in [2.75, 3.05) is 13.2 Å². The van der Waals surface area contributed by atoms with E-state index in [0.29, 0.717) is 11.4 Å². The highest BCUT2D eigenvalue weighted by atomic mass is 35.5. The van der Waals surface area contributed by atoms with Gasteiger partial charge in [-0.3, -0.25) is 0 Å². The minimum Gasteiger partial charge on any atom is -0.374 e. The van der Waals surface area contributed by atoms with Crippen molar-refractivity contribution in [2.24, 2.45) is 0 Å². The summed E-state index contributed by atoms with van der Waals surface area (Å²) < 4.78 is 19.4. The lowest BCUT2D eigenvalue weighted by molar-refractivity contribution is -0.0114. The van der Waals surface area contributed by atoms with Gasteiger partial charge in [-0.2, -0.15) is 0 Å². The van der Waals surface area contributed by atoms with Crippen LogP contribution in [0.3, 0.4) is 0 Å². The van der Waals surface area contributed by atoms with Gasteiger partial charge in [0.05, 0.1) is 5.60 Å². The van der Waals surface area contributed by atoms with Gasteiger partial charge in [0.25, 0.3) is 0 Å². The Balaban J connectivity index is 2.16. The van der Waals surface area contributed by atoms with Gasteiger partial charge in [-0.1, -0.05) is 18.5 Å². The van der Waals surface area contributed by atoms with E-state index in [1.165, 1.54) is 12.1 Å². The first-order valence-corrected chi connectivity index (χ1v) is 7.74. The Hall–Kier alpha value is -0.640. The summed E-state index contributed by atoms with van der Waals surface area (Å²) in [6, 6.07) is 4.71. The second-order valence-electron chi connectivity index (χ2n) is 5.71. The van der Waals surface area contributed by atoms with Gasteiger partial charge >= 0.3 is 0 Å². The quantitative estimate of drug-likeness (QED) is 0.858. The van der Waals surface area contributed by atoms with Gasteiger partial charge in [0.15, 0.2) is 0 Å². The van der Waals surface area contributed by atoms with Crippen LogP contribution < -0.4 is 5.32 Å². The van der Waals surface area contributed by atoms with Crippen LogP contribution in [0.5, 0.6) is 0 Å². The zero-order valence-electron chi connectivity index (χ0n) is 12.2. The second-order valence-corrected chi connectivity index (χ2v) is 6.12. The first-order chi connectivity index (χ1) is 9.55. The van der Waals surface area contributed by atoms with Gasteiger partial charge in [-0.25, -0.2) is 4.39 Å². The van der Waals surface area contributed by atoms with E-state index >= 15 is 0 Å². The van der Waals surface area contributed by atoms with Gasteiger partial charge in [0.2, 0.25) is 0 Å². The molecule has 0 saturated carbocycles. The number of benzene rings is 1. The number of rotatable bonds is 6. The van der Waals surface area contributed by atoms with Crippen molar-refractivity contribution in [1.29, 1.82) is 0 Å². The van der Waals surface area contributed by atoms with Crippen LogP contribution in [0.4, 0.5) is 4.39 Å². The number of hydrogen-bond acceptors (Lipinski definition) is 2. The first-order valence-electron chi connectivity index (χ1n) is 7.36. The highest BCUT2D eigenvalue weighted by Gasteiger charge is 2.38. The normalized spacial score (nSPS) is 24.0. The highest BCUT2D eigenvalue weighted by molar-refractivity contribution is 6.31. The summed E-state index contributed by atoms with van der Waals surface area (Å²) in [5, 5.41) is 4.16. The molecule has 2 nitrogen and oxygen atoms in total. The number of hydrogen-bond donors (Lipinski definition) is 1. The molecule has 0 amide bonds. The summed E-state index contributed by atoms with van der Waals surface area (Å²) >= 11 is 6.19. The Morgan fingerprint density at radius 2 is 2.30 bits per heavy atom. The molecular weight excluding hydrogens is 277 g/mol. The van der Waals surface area contributed by atoms with Gasteiger partial charge in [0.1, 0.15) is 5.82 Å². The Morgan fingerprint density at radius 3 is 2.95 bits per heavy atom. The predicted molar refractivity (Wildman–Crippen MR) is 80.8 cm³/mol. The summed E-state index contributed by atoms with van der Waals surface area (Å²) in [6.07, 6.45) is 3.86. The molecule has 20 heavy (non-hydrogen) atoms. The highest BCUT2D eigenvalue weighted by Crippen LogP contribution is 2.31. The molecule has 0 spiro atoms. The fourth-order valence-corrected chi connectivity index (χ4v) is 3.01. The van der Waals surface area contributed by atoms with Crippen LogP contribution in [0.2, 0.25) is 5.02 Å². The van der Waals surface area contributed by atoms with Crippen LogP contribution in [0.1, 0.15) is 38.7 Å². The Kier molecular flexibility index (Phi) is 5.42. The van der Waals surface area contributed by atoms with E-state index < -0.39 is 0 Å². The van der Waals surface area contributed by atoms with E-state index in [9.17, 15) is 4.39 Å². The van der Waals surface area contributed by atoms with Crippen LogP contribution in [-0.2, 0) is 11.2 Å². The molecule has 1 aromatic carbocycles. The van der Waals surface area contributed by atoms with Crippen molar-refractivity contribution in [1.82, 2.24) is 5.32 Å². The molecule has 0 aliphatic carbocycles. The summed E-state index contributed by atoms with van der Waals surface area (Å²) in [5.41, 5.74) is 0.655. The fourth-order valence-electron chi connectivity index (χ4n) is 2.82. The first kappa shape index (κ1) is 15.7. The molecule has 2 unspecified atom stereocenters. The average Bonchev–Trinajstić information content (AvgIpc) is 2.86. The molecule has 0 aromatic heterocycles. The van der Waals surface area contributed by atoms with Crippen molar-refractivity contribution in [3.8, 4) is 0 Å². The number of nitrogens with one attached hydrogen (secondary N) is 1. The lowest BCUT2D eigenvalue weighted by atomic mass is 9.88. The number of ether oxygens (including phenoxy) is 1. The van der Waals surface area contributed by atoms with E-state index in [-0.39, 0.29) is 17.5 Å². The largest absolute Gasteiger partial charge is 0.374 e. The van der Waals surface area contributed by atoms with E-state index in [0.717, 1.165) is 38.0 Å². The molecule has 2 rings (SSSR count). The smallest absolute Gasteiger partial charge is 0.123 e. The maximum absolute atomic E-state index is 13.4. The van der Waals surface area contributed by atoms with Crippen molar-refractivity contribution >= 4 is 11.6 Å². The topological polar surface area (TPSA) is 21.3 Å². The molecule has 1 N–H and O–H groups in total. The monoisotopic (exact) mass is 299 g/mol. The lowest BCUT2D eigenvalue weighted by Gasteiger charge is -2.34. The van der Waals surface area contributed by atoms with E-state index in [1.807, 2.05) is 0 Å². The fraction of sp³-hybridized carbons (Fsp3) is 0.625. The minimum absolute atomic E-state index is 0.157. The Labute approximate surface area is 125 Å². The zero-order valence-corrected chi connectivity index (χ0v) is 13.0. The zero-order chi connectivity index (χ0) is 14.6. The molecule has 1 aromatic rings. The van der Waals surface area contributed by atoms with Crippen molar-refractivity contribution < 1.29 is 9.13 Å². The van der Waals surface area contributed by atoms with Gasteiger partial charge in [-0.15, -0.1) is 0 Å². The lowest BCUT2D eigenvalue weighted by Crippen LogP contribution is -2.50. The Bertz CT molecular complexity index is 446. The molecule has 112 valence electrons. The maximum atomic E-state index is 13.4. The summed E-state index contributed by atoms with van der Waals surface area (Å²) in [7, 11) is 0. The molecule has 1 aliphatic heterocycles. The van der Waals surface area contributed by atoms with Crippen LogP contribution in [0.25, 0.3) is 0 Å². The van der Waals surface area contributed by atoms with Crippen molar-refractivity contribution in [3.63, 3.8) is 0 Å². The maximum Gasteiger partial charge on any atom is 0.123 e. The molecule has 1 aliphatic rings. The van der Waals surface area contributed by atoms with Crippen LogP contribution in [0, 0.1) is 5.82 Å². The van der Waals surface area contributed by atoms with Gasteiger partial charge in [0, 0.05) is 17.7 Å². The Morgan fingerprint density at radius 1 is 1.50 bits per heavy atom. The third kappa shape index (κ3) is 3.72. The van der Waals surface area contributed by atoms with Gasteiger partial charge < -0.3 is 10.1 Å². The number of halogens is 2. The molecular formula is C16H23ClFNO. The standard InChI is InChI=1S/C16H23ClFNO/c1-3-8-19-15(16(2)7-4-9-20-16)11-12-10-13(18)5-6-14(12)17/h5-6,10,15,19H,3-4,7-9,11H2,1-2H3. The van der Waals surface area contributed by atoms with Crippen molar-refractivity contribution in [3.05, 3.63) is 34.6 Å². The molecule has 4 heteroatoms. The summed E-state index contributed by atoms with van der Waals surface area (Å²) in [6.45, 7) is 6.01. The average molecular weight is 300 g/mol. The van der Waals surface area contributed by atoms with Gasteiger partial charge in [-0.05, 0) is 62.9 Å².